The molecule has 236 valence electrons. The Kier molecular flexibility index (Phi) is 9.37. The van der Waals surface area contributed by atoms with Gasteiger partial charge in [-0.05, 0) is 85.9 Å². The number of nitrogens with zero attached hydrogens (tertiary/aromatic N) is 3. The number of hydrogen-bond donors (Lipinski definition) is 3. The van der Waals surface area contributed by atoms with Crippen molar-refractivity contribution in [2.24, 2.45) is 0 Å². The Labute approximate surface area is 255 Å². The van der Waals surface area contributed by atoms with Gasteiger partial charge in [-0.1, -0.05) is 19.9 Å². The number of carbonyl (C=O) groups excluding carboxylic acids is 1. The van der Waals surface area contributed by atoms with Gasteiger partial charge in [0.05, 0.1) is 17.4 Å². The van der Waals surface area contributed by atoms with E-state index in [9.17, 15) is 27.6 Å². The summed E-state index contributed by atoms with van der Waals surface area (Å²) in [7, 11) is -0.845. The molecule has 2 heterocycles. The van der Waals surface area contributed by atoms with Gasteiger partial charge in [-0.15, -0.1) is 0 Å². The summed E-state index contributed by atoms with van der Waals surface area (Å²) in [5.41, 5.74) is 1.87. The van der Waals surface area contributed by atoms with Crippen molar-refractivity contribution in [3.63, 3.8) is 0 Å². The van der Waals surface area contributed by atoms with Gasteiger partial charge in [-0.3, -0.25) is 4.79 Å². The van der Waals surface area contributed by atoms with E-state index in [2.05, 4.69) is 20.6 Å². The smallest absolute Gasteiger partial charge is 0.393 e. The van der Waals surface area contributed by atoms with Crippen LogP contribution in [-0.4, -0.2) is 51.4 Å². The highest BCUT2D eigenvalue weighted by atomic mass is 31.2. The Balaban J connectivity index is 1.45. The van der Waals surface area contributed by atoms with Crippen LogP contribution in [0, 0.1) is 0 Å². The molecule has 0 atom stereocenters. The van der Waals surface area contributed by atoms with E-state index in [0.717, 1.165) is 48.3 Å². The van der Waals surface area contributed by atoms with Gasteiger partial charge in [0.1, 0.15) is 18.5 Å². The molecule has 1 aliphatic heterocycles. The van der Waals surface area contributed by atoms with E-state index in [1.165, 1.54) is 0 Å². The average molecular weight is 630 g/mol. The number of rotatable bonds is 10. The van der Waals surface area contributed by atoms with Crippen molar-refractivity contribution in [2.75, 3.05) is 30.0 Å². The van der Waals surface area contributed by atoms with Crippen LogP contribution in [0.1, 0.15) is 85.3 Å². The molecule has 2 aliphatic rings. The molecule has 0 saturated heterocycles. The van der Waals surface area contributed by atoms with Gasteiger partial charge in [0, 0.05) is 43.1 Å². The second kappa shape index (κ2) is 12.9. The first-order valence-electron chi connectivity index (χ1n) is 15.2. The molecule has 0 radical (unpaired) electrons. The maximum absolute atomic E-state index is 14.1. The molecule has 1 fully saturated rings. The van der Waals surface area contributed by atoms with E-state index in [-0.39, 0.29) is 29.6 Å². The molecule has 0 bridgehead atoms. The maximum Gasteiger partial charge on any atom is 0.421 e. The van der Waals surface area contributed by atoms with E-state index in [4.69, 9.17) is 0 Å². The van der Waals surface area contributed by atoms with Crippen molar-refractivity contribution >= 4 is 41.5 Å². The molecular weight excluding hydrogens is 590 g/mol. The predicted molar refractivity (Wildman–Crippen MR) is 167 cm³/mol. The summed E-state index contributed by atoms with van der Waals surface area (Å²) in [5, 5.41) is 16.5. The molecule has 5 rings (SSSR count). The van der Waals surface area contributed by atoms with Gasteiger partial charge >= 0.3 is 6.18 Å². The lowest BCUT2D eigenvalue weighted by Crippen LogP contribution is -2.18. The minimum absolute atomic E-state index is 0.0592. The fourth-order valence-electron chi connectivity index (χ4n) is 6.36. The maximum atomic E-state index is 14.1. The van der Waals surface area contributed by atoms with E-state index in [0.29, 0.717) is 43.0 Å². The summed E-state index contributed by atoms with van der Waals surface area (Å²) in [6.07, 6.45) is 1.44. The standard InChI is InChI=1S/C32H39F3N5O3P/c1-4-16-44(43,17-5-2)23-12-8-21(9-13-23)37-31-36-18-26(32(33,34)35)29(39-31)38-27-15-14-24(20-6-10-22(41)11-7-20)25-19-40(3)30(42)28(25)27/h8-9,12-15,18,20,22,41H,4-7,10-11,16-17,19H2,1-3H3,(H2,36,37,38,39). The Morgan fingerprint density at radius 3 is 2.27 bits per heavy atom. The third kappa shape index (κ3) is 6.64. The number of aliphatic hydroxyl groups is 1. The lowest BCUT2D eigenvalue weighted by Gasteiger charge is -2.27. The Hall–Kier alpha value is -3.43. The van der Waals surface area contributed by atoms with Gasteiger partial charge in [0.2, 0.25) is 5.95 Å². The topological polar surface area (TPSA) is 107 Å². The van der Waals surface area contributed by atoms with Crippen molar-refractivity contribution < 1.29 is 27.6 Å². The monoisotopic (exact) mass is 629 g/mol. The zero-order chi connectivity index (χ0) is 31.6. The normalized spacial score (nSPS) is 18.8. The Bertz CT molecular complexity index is 1550. The average Bonchev–Trinajstić information content (AvgIpc) is 3.28. The molecule has 0 unspecified atom stereocenters. The number of aromatic nitrogens is 2. The minimum Gasteiger partial charge on any atom is -0.393 e. The van der Waals surface area contributed by atoms with Gasteiger partial charge in [-0.2, -0.15) is 18.2 Å². The number of carbonyl (C=O) groups is 1. The molecule has 8 nitrogen and oxygen atoms in total. The zero-order valence-corrected chi connectivity index (χ0v) is 26.1. The van der Waals surface area contributed by atoms with Gasteiger partial charge < -0.3 is 25.2 Å². The Morgan fingerprint density at radius 2 is 1.66 bits per heavy atom. The second-order valence-electron chi connectivity index (χ2n) is 11.8. The summed E-state index contributed by atoms with van der Waals surface area (Å²) >= 11 is 0. The van der Waals surface area contributed by atoms with Gasteiger partial charge in [-0.25, -0.2) is 4.98 Å². The molecule has 1 saturated carbocycles. The molecule has 3 N–H and O–H groups in total. The molecule has 1 aliphatic carbocycles. The van der Waals surface area contributed by atoms with Crippen LogP contribution >= 0.6 is 7.14 Å². The van der Waals surface area contributed by atoms with Crippen molar-refractivity contribution in [2.45, 2.75) is 77.1 Å². The van der Waals surface area contributed by atoms with Crippen molar-refractivity contribution in [1.82, 2.24) is 14.9 Å². The summed E-state index contributed by atoms with van der Waals surface area (Å²) < 4.78 is 55.7. The van der Waals surface area contributed by atoms with E-state index < -0.39 is 24.7 Å². The fraction of sp³-hybridized carbons (Fsp3) is 0.469. The van der Waals surface area contributed by atoms with Crippen LogP contribution in [-0.2, 0) is 17.3 Å². The molecular formula is C32H39F3N5O3P. The van der Waals surface area contributed by atoms with Gasteiger partial charge in [0.25, 0.3) is 5.91 Å². The molecule has 12 heteroatoms. The molecule has 44 heavy (non-hydrogen) atoms. The number of halogens is 3. The lowest BCUT2D eigenvalue weighted by molar-refractivity contribution is -0.137. The van der Waals surface area contributed by atoms with Gasteiger partial charge in [0.15, 0.2) is 0 Å². The van der Waals surface area contributed by atoms with Crippen LogP contribution in [0.15, 0.2) is 42.6 Å². The predicted octanol–water partition coefficient (Wildman–Crippen LogP) is 7.40. The van der Waals surface area contributed by atoms with Crippen LogP contribution in [0.3, 0.4) is 0 Å². The van der Waals surface area contributed by atoms with Crippen LogP contribution in [0.4, 0.5) is 36.3 Å². The highest BCUT2D eigenvalue weighted by Crippen LogP contribution is 2.46. The Morgan fingerprint density at radius 1 is 1.00 bits per heavy atom. The summed E-state index contributed by atoms with van der Waals surface area (Å²) in [6.45, 7) is 4.37. The molecule has 0 spiro atoms. The zero-order valence-electron chi connectivity index (χ0n) is 25.2. The number of aliphatic hydroxyl groups excluding tert-OH is 1. The SMILES string of the molecule is CCCP(=O)(CCC)c1ccc(Nc2ncc(C(F)(F)F)c(Nc3ccc(C4CCC(O)CC4)c4c3C(=O)N(C)C4)n2)cc1. The molecule has 1 aromatic heterocycles. The van der Waals surface area contributed by atoms with E-state index in [1.807, 2.05) is 19.9 Å². The van der Waals surface area contributed by atoms with Crippen molar-refractivity contribution in [1.29, 1.82) is 0 Å². The fourth-order valence-corrected chi connectivity index (χ4v) is 9.24. The first-order valence-corrected chi connectivity index (χ1v) is 17.3. The quantitative estimate of drug-likeness (QED) is 0.201. The van der Waals surface area contributed by atoms with Crippen LogP contribution < -0.4 is 15.9 Å². The summed E-state index contributed by atoms with van der Waals surface area (Å²) in [4.78, 5) is 22.9. The van der Waals surface area contributed by atoms with Crippen LogP contribution in [0.5, 0.6) is 0 Å². The number of fused-ring (bicyclic) bond motifs is 1. The first-order chi connectivity index (χ1) is 20.9. The number of amides is 1. The third-order valence-corrected chi connectivity index (χ3v) is 12.1. The van der Waals surface area contributed by atoms with Crippen LogP contribution in [0.25, 0.3) is 0 Å². The minimum atomic E-state index is -4.74. The summed E-state index contributed by atoms with van der Waals surface area (Å²) in [5.74, 6) is -0.633. The number of hydrogen-bond acceptors (Lipinski definition) is 7. The lowest BCUT2D eigenvalue weighted by atomic mass is 9.80. The number of alkyl halides is 3. The number of benzene rings is 2. The number of anilines is 4. The summed E-state index contributed by atoms with van der Waals surface area (Å²) in [6, 6.07) is 10.6. The molecule has 1 amide bonds. The van der Waals surface area contributed by atoms with Crippen LogP contribution in [0.2, 0.25) is 0 Å². The molecule has 2 aromatic carbocycles. The highest BCUT2D eigenvalue weighted by Gasteiger charge is 2.37. The van der Waals surface area contributed by atoms with E-state index >= 15 is 0 Å². The third-order valence-electron chi connectivity index (χ3n) is 8.55. The number of nitrogens with one attached hydrogen (secondary N) is 2. The van der Waals surface area contributed by atoms with Crippen molar-refractivity contribution in [3.8, 4) is 0 Å². The van der Waals surface area contributed by atoms with Crippen molar-refractivity contribution in [3.05, 3.63) is 64.8 Å². The van der Waals surface area contributed by atoms with E-state index in [1.54, 1.807) is 42.3 Å². The first kappa shape index (κ1) is 32.0. The second-order valence-corrected chi connectivity index (χ2v) is 15.0. The highest BCUT2D eigenvalue weighted by molar-refractivity contribution is 7.71. The largest absolute Gasteiger partial charge is 0.421 e. The molecule has 3 aromatic rings.